The summed E-state index contributed by atoms with van der Waals surface area (Å²) in [6.45, 7) is 2.18. The summed E-state index contributed by atoms with van der Waals surface area (Å²) in [5.74, 6) is 1.04. The van der Waals surface area contributed by atoms with Crippen molar-refractivity contribution in [1.29, 1.82) is 0 Å². The lowest BCUT2D eigenvalue weighted by Crippen LogP contribution is -2.44. The molecule has 8 heteroatoms. The lowest BCUT2D eigenvalue weighted by atomic mass is 10.1. The van der Waals surface area contributed by atoms with E-state index in [1.54, 1.807) is 24.3 Å². The first kappa shape index (κ1) is 17.6. The van der Waals surface area contributed by atoms with Crippen molar-refractivity contribution in [2.45, 2.75) is 42.7 Å². The van der Waals surface area contributed by atoms with Gasteiger partial charge in [-0.1, -0.05) is 18.0 Å². The molecule has 7 nitrogen and oxygen atoms in total. The van der Waals surface area contributed by atoms with Crippen LogP contribution in [-0.2, 0) is 14.6 Å². The molecular formula is C18H23N3O4S. The zero-order valence-corrected chi connectivity index (χ0v) is 15.6. The molecule has 1 aliphatic heterocycles. The SMILES string of the molecule is CS(=O)(=O)c1ccc(-c2noc([C@@H]3COCCN3C3CCCC3)n2)cc1. The molecule has 1 saturated heterocycles. The highest BCUT2D eigenvalue weighted by atomic mass is 32.2. The Morgan fingerprint density at radius 2 is 1.88 bits per heavy atom. The predicted molar refractivity (Wildman–Crippen MR) is 95.4 cm³/mol. The van der Waals surface area contributed by atoms with E-state index in [0.29, 0.717) is 24.4 Å². The number of ether oxygens (including phenoxy) is 1. The monoisotopic (exact) mass is 377 g/mol. The van der Waals surface area contributed by atoms with Crippen LogP contribution in [0.3, 0.4) is 0 Å². The van der Waals surface area contributed by atoms with E-state index in [1.807, 2.05) is 0 Å². The molecule has 140 valence electrons. The van der Waals surface area contributed by atoms with E-state index in [0.717, 1.165) is 18.7 Å². The Morgan fingerprint density at radius 1 is 1.15 bits per heavy atom. The number of rotatable bonds is 4. The Hall–Kier alpha value is -1.77. The minimum Gasteiger partial charge on any atom is -0.378 e. The van der Waals surface area contributed by atoms with Crippen molar-refractivity contribution in [3.63, 3.8) is 0 Å². The summed E-state index contributed by atoms with van der Waals surface area (Å²) < 4.78 is 34.4. The summed E-state index contributed by atoms with van der Waals surface area (Å²) in [4.78, 5) is 7.29. The van der Waals surface area contributed by atoms with Crippen molar-refractivity contribution < 1.29 is 17.7 Å². The summed E-state index contributed by atoms with van der Waals surface area (Å²) in [7, 11) is -3.22. The molecule has 0 N–H and O–H groups in total. The van der Waals surface area contributed by atoms with Gasteiger partial charge in [0.1, 0.15) is 6.04 Å². The molecule has 2 aliphatic rings. The molecule has 1 atom stereocenters. The normalized spacial score (nSPS) is 22.7. The summed E-state index contributed by atoms with van der Waals surface area (Å²) in [6.07, 6.45) is 6.16. The molecule has 0 spiro atoms. The quantitative estimate of drug-likeness (QED) is 0.809. The maximum Gasteiger partial charge on any atom is 0.246 e. The lowest BCUT2D eigenvalue weighted by Gasteiger charge is -2.37. The molecule has 4 rings (SSSR count). The molecule has 2 heterocycles. The Bertz CT molecular complexity index is 857. The minimum absolute atomic E-state index is 0.0107. The minimum atomic E-state index is -3.22. The van der Waals surface area contributed by atoms with Crippen LogP contribution < -0.4 is 0 Å². The summed E-state index contributed by atoms with van der Waals surface area (Å²) in [5.41, 5.74) is 0.733. The van der Waals surface area contributed by atoms with Gasteiger partial charge in [0.25, 0.3) is 0 Å². The Balaban J connectivity index is 1.56. The molecule has 1 saturated carbocycles. The van der Waals surface area contributed by atoms with Gasteiger partial charge < -0.3 is 9.26 Å². The fourth-order valence-corrected chi connectivity index (χ4v) is 4.47. The lowest BCUT2D eigenvalue weighted by molar-refractivity contribution is -0.0397. The van der Waals surface area contributed by atoms with E-state index in [2.05, 4.69) is 15.0 Å². The predicted octanol–water partition coefficient (Wildman–Crippen LogP) is 2.46. The van der Waals surface area contributed by atoms with Crippen LogP contribution in [0.1, 0.15) is 37.6 Å². The van der Waals surface area contributed by atoms with Gasteiger partial charge in [-0.15, -0.1) is 0 Å². The number of benzene rings is 1. The van der Waals surface area contributed by atoms with Gasteiger partial charge in [0.05, 0.1) is 18.1 Å². The second-order valence-corrected chi connectivity index (χ2v) is 9.04. The van der Waals surface area contributed by atoms with E-state index in [-0.39, 0.29) is 10.9 Å². The average Bonchev–Trinajstić information content (AvgIpc) is 3.33. The van der Waals surface area contributed by atoms with Crippen LogP contribution in [0.25, 0.3) is 11.4 Å². The Labute approximate surface area is 153 Å². The van der Waals surface area contributed by atoms with Crippen molar-refractivity contribution >= 4 is 9.84 Å². The topological polar surface area (TPSA) is 85.5 Å². The molecule has 0 bridgehead atoms. The second kappa shape index (κ2) is 7.09. The van der Waals surface area contributed by atoms with E-state index in [1.165, 1.54) is 31.9 Å². The molecule has 2 fully saturated rings. The van der Waals surface area contributed by atoms with Crippen LogP contribution in [0.5, 0.6) is 0 Å². The number of sulfone groups is 1. The zero-order valence-electron chi connectivity index (χ0n) is 14.8. The van der Waals surface area contributed by atoms with Crippen LogP contribution in [-0.4, -0.2) is 55.5 Å². The van der Waals surface area contributed by atoms with Gasteiger partial charge in [-0.2, -0.15) is 4.98 Å². The van der Waals surface area contributed by atoms with Gasteiger partial charge in [-0.25, -0.2) is 8.42 Å². The van der Waals surface area contributed by atoms with Crippen LogP contribution in [0.15, 0.2) is 33.7 Å². The first-order valence-corrected chi connectivity index (χ1v) is 10.9. The highest BCUT2D eigenvalue weighted by Gasteiger charge is 2.35. The van der Waals surface area contributed by atoms with Crippen molar-refractivity contribution in [1.82, 2.24) is 15.0 Å². The third-order valence-corrected chi connectivity index (χ3v) is 6.36. The van der Waals surface area contributed by atoms with Gasteiger partial charge in [0.15, 0.2) is 9.84 Å². The van der Waals surface area contributed by atoms with E-state index < -0.39 is 9.84 Å². The average molecular weight is 377 g/mol. The second-order valence-electron chi connectivity index (χ2n) is 7.02. The number of morpholine rings is 1. The van der Waals surface area contributed by atoms with Crippen LogP contribution in [0.2, 0.25) is 0 Å². The number of nitrogens with zero attached hydrogens (tertiary/aromatic N) is 3. The first-order valence-electron chi connectivity index (χ1n) is 9.00. The van der Waals surface area contributed by atoms with Gasteiger partial charge in [0, 0.05) is 24.4 Å². The maximum atomic E-state index is 11.6. The van der Waals surface area contributed by atoms with Crippen LogP contribution >= 0.6 is 0 Å². The van der Waals surface area contributed by atoms with Gasteiger partial charge >= 0.3 is 0 Å². The summed E-state index contributed by atoms with van der Waals surface area (Å²) in [5, 5.41) is 4.10. The highest BCUT2D eigenvalue weighted by Crippen LogP contribution is 2.33. The molecular weight excluding hydrogens is 354 g/mol. The van der Waals surface area contributed by atoms with Gasteiger partial charge in [0.2, 0.25) is 11.7 Å². The molecule has 0 amide bonds. The highest BCUT2D eigenvalue weighted by molar-refractivity contribution is 7.90. The van der Waals surface area contributed by atoms with Crippen molar-refractivity contribution in [3.8, 4) is 11.4 Å². The molecule has 1 aromatic carbocycles. The van der Waals surface area contributed by atoms with Gasteiger partial charge in [-0.3, -0.25) is 4.90 Å². The third kappa shape index (κ3) is 3.54. The standard InChI is InChI=1S/C18H23N3O4S/c1-26(22,23)15-8-6-13(7-9-15)17-19-18(25-20-17)16-12-24-11-10-21(16)14-4-2-3-5-14/h6-9,14,16H,2-5,10-12H2,1H3/t16-/m0/s1. The molecule has 2 aromatic rings. The van der Waals surface area contributed by atoms with Crippen molar-refractivity contribution in [2.24, 2.45) is 0 Å². The molecule has 0 radical (unpaired) electrons. The Kier molecular flexibility index (Phi) is 4.81. The molecule has 1 aliphatic carbocycles. The van der Waals surface area contributed by atoms with Crippen LogP contribution in [0, 0.1) is 0 Å². The van der Waals surface area contributed by atoms with E-state index in [4.69, 9.17) is 9.26 Å². The smallest absolute Gasteiger partial charge is 0.246 e. The van der Waals surface area contributed by atoms with Crippen molar-refractivity contribution in [3.05, 3.63) is 30.2 Å². The largest absolute Gasteiger partial charge is 0.378 e. The van der Waals surface area contributed by atoms with Gasteiger partial charge in [-0.05, 0) is 37.1 Å². The molecule has 0 unspecified atom stereocenters. The number of aromatic nitrogens is 2. The summed E-state index contributed by atoms with van der Waals surface area (Å²) in [6, 6.07) is 7.09. The zero-order chi connectivity index (χ0) is 18.1. The molecule has 1 aromatic heterocycles. The fourth-order valence-electron chi connectivity index (χ4n) is 3.84. The number of hydrogen-bond acceptors (Lipinski definition) is 7. The maximum absolute atomic E-state index is 11.6. The van der Waals surface area contributed by atoms with E-state index in [9.17, 15) is 8.42 Å². The number of hydrogen-bond donors (Lipinski definition) is 0. The third-order valence-electron chi connectivity index (χ3n) is 5.23. The Morgan fingerprint density at radius 3 is 2.58 bits per heavy atom. The first-order chi connectivity index (χ1) is 12.5. The molecule has 26 heavy (non-hydrogen) atoms. The summed E-state index contributed by atoms with van der Waals surface area (Å²) >= 11 is 0. The van der Waals surface area contributed by atoms with Crippen molar-refractivity contribution in [2.75, 3.05) is 26.0 Å². The fraction of sp³-hybridized carbons (Fsp3) is 0.556. The van der Waals surface area contributed by atoms with E-state index >= 15 is 0 Å². The van der Waals surface area contributed by atoms with Crippen LogP contribution in [0.4, 0.5) is 0 Å².